The van der Waals surface area contributed by atoms with Crippen molar-refractivity contribution in [1.29, 1.82) is 0 Å². The van der Waals surface area contributed by atoms with E-state index in [0.717, 1.165) is 5.56 Å². The maximum Gasteiger partial charge on any atom is 0.111 e. The smallest absolute Gasteiger partial charge is 0.111 e. The zero-order valence-electron chi connectivity index (χ0n) is 15.4. The molecule has 0 aliphatic carbocycles. The molecule has 1 aliphatic rings. The SMILES string of the molecule is Cc1cccc(/C=C/c2cc(Cl)cc(Cl)c2)c1.OCC1OCC(O)C(O)[C@@H]1O. The second kappa shape index (κ2) is 10.9. The van der Waals surface area contributed by atoms with Crippen molar-refractivity contribution in [2.24, 2.45) is 0 Å². The number of aryl methyl sites for hydroxylation is 1. The highest BCUT2D eigenvalue weighted by atomic mass is 35.5. The number of hydrogen-bond donors (Lipinski definition) is 4. The third kappa shape index (κ3) is 6.87. The van der Waals surface area contributed by atoms with Crippen LogP contribution in [0.2, 0.25) is 10.0 Å². The molecule has 0 spiro atoms. The van der Waals surface area contributed by atoms with E-state index in [-0.39, 0.29) is 13.2 Å². The van der Waals surface area contributed by atoms with Gasteiger partial charge < -0.3 is 25.2 Å². The van der Waals surface area contributed by atoms with E-state index in [1.165, 1.54) is 11.1 Å². The van der Waals surface area contributed by atoms with Crippen LogP contribution in [0.5, 0.6) is 0 Å². The van der Waals surface area contributed by atoms with Crippen molar-refractivity contribution in [3.05, 3.63) is 69.2 Å². The predicted molar refractivity (Wildman–Crippen MR) is 111 cm³/mol. The molecule has 0 radical (unpaired) electrons. The number of ether oxygens (including phenoxy) is 1. The van der Waals surface area contributed by atoms with Crippen molar-refractivity contribution >= 4 is 35.4 Å². The molecule has 1 fully saturated rings. The van der Waals surface area contributed by atoms with E-state index >= 15 is 0 Å². The molecular formula is C21H24Cl2O5. The number of rotatable bonds is 3. The van der Waals surface area contributed by atoms with Gasteiger partial charge in [0.2, 0.25) is 0 Å². The first-order valence-electron chi connectivity index (χ1n) is 8.77. The number of aliphatic hydroxyl groups is 4. The Morgan fingerprint density at radius 2 is 1.61 bits per heavy atom. The molecule has 2 aromatic rings. The Balaban J connectivity index is 0.000000221. The Hall–Kier alpha value is -1.44. The average Bonchev–Trinajstić information content (AvgIpc) is 2.65. The summed E-state index contributed by atoms with van der Waals surface area (Å²) < 4.78 is 4.81. The van der Waals surface area contributed by atoms with Gasteiger partial charge in [-0.3, -0.25) is 0 Å². The van der Waals surface area contributed by atoms with Crippen LogP contribution in [0.15, 0.2) is 42.5 Å². The third-order valence-electron chi connectivity index (χ3n) is 4.18. The van der Waals surface area contributed by atoms with Crippen molar-refractivity contribution in [2.75, 3.05) is 13.2 Å². The Morgan fingerprint density at radius 3 is 2.21 bits per heavy atom. The Kier molecular flexibility index (Phi) is 8.92. The molecule has 1 saturated heterocycles. The second-order valence-corrected chi connectivity index (χ2v) is 7.43. The lowest BCUT2D eigenvalue weighted by molar-refractivity contribution is -0.195. The Morgan fingerprint density at radius 1 is 0.964 bits per heavy atom. The molecule has 1 heterocycles. The van der Waals surface area contributed by atoms with Gasteiger partial charge in [-0.05, 0) is 36.2 Å². The molecule has 0 saturated carbocycles. The Labute approximate surface area is 174 Å². The maximum absolute atomic E-state index is 9.11. The lowest BCUT2D eigenvalue weighted by Gasteiger charge is -2.34. The van der Waals surface area contributed by atoms with Crippen LogP contribution in [0.3, 0.4) is 0 Å². The van der Waals surface area contributed by atoms with Crippen molar-refractivity contribution < 1.29 is 25.2 Å². The quantitative estimate of drug-likeness (QED) is 0.566. The molecule has 4 atom stereocenters. The number of benzene rings is 2. The summed E-state index contributed by atoms with van der Waals surface area (Å²) in [5.41, 5.74) is 3.42. The highest BCUT2D eigenvalue weighted by Crippen LogP contribution is 2.20. The van der Waals surface area contributed by atoms with Gasteiger partial charge in [0, 0.05) is 10.0 Å². The third-order valence-corrected chi connectivity index (χ3v) is 4.62. The van der Waals surface area contributed by atoms with Gasteiger partial charge in [-0.1, -0.05) is 65.2 Å². The summed E-state index contributed by atoms with van der Waals surface area (Å²) in [4.78, 5) is 0. The van der Waals surface area contributed by atoms with Gasteiger partial charge in [0.25, 0.3) is 0 Å². The highest BCUT2D eigenvalue weighted by Gasteiger charge is 2.36. The van der Waals surface area contributed by atoms with Gasteiger partial charge in [-0.25, -0.2) is 0 Å². The van der Waals surface area contributed by atoms with Crippen LogP contribution >= 0.6 is 23.2 Å². The molecule has 3 rings (SSSR count). The average molecular weight is 427 g/mol. The van der Waals surface area contributed by atoms with Gasteiger partial charge in [0.1, 0.15) is 24.4 Å². The fourth-order valence-corrected chi connectivity index (χ4v) is 3.21. The minimum atomic E-state index is -1.22. The molecular weight excluding hydrogens is 403 g/mol. The second-order valence-electron chi connectivity index (χ2n) is 6.55. The monoisotopic (exact) mass is 426 g/mol. The fourth-order valence-electron chi connectivity index (χ4n) is 2.67. The maximum atomic E-state index is 9.11. The standard InChI is InChI=1S/C15H12Cl2.C6H12O5/c1-11-3-2-4-12(7-11)5-6-13-8-14(16)10-15(17)9-13;7-1-4-6(10)5(9)3(8)2-11-4/h2-10H,1H3;3-10H,1-2H2/b6-5+;/t;3?,4?,5?,6-/m.1/s1. The first-order valence-corrected chi connectivity index (χ1v) is 9.53. The van der Waals surface area contributed by atoms with E-state index in [2.05, 4.69) is 31.2 Å². The minimum Gasteiger partial charge on any atom is -0.394 e. The van der Waals surface area contributed by atoms with E-state index in [0.29, 0.717) is 10.0 Å². The van der Waals surface area contributed by atoms with Gasteiger partial charge in [0.15, 0.2) is 0 Å². The van der Waals surface area contributed by atoms with E-state index in [4.69, 9.17) is 48.4 Å². The topological polar surface area (TPSA) is 90.2 Å². The van der Waals surface area contributed by atoms with Gasteiger partial charge in [-0.15, -0.1) is 0 Å². The van der Waals surface area contributed by atoms with Gasteiger partial charge in [0.05, 0.1) is 13.2 Å². The number of hydrogen-bond acceptors (Lipinski definition) is 5. The van der Waals surface area contributed by atoms with Crippen LogP contribution < -0.4 is 0 Å². The molecule has 7 heteroatoms. The molecule has 28 heavy (non-hydrogen) atoms. The van der Waals surface area contributed by atoms with Crippen LogP contribution in [0, 0.1) is 6.92 Å². The molecule has 5 nitrogen and oxygen atoms in total. The zero-order chi connectivity index (χ0) is 20.7. The van der Waals surface area contributed by atoms with Crippen molar-refractivity contribution in [3.8, 4) is 0 Å². The van der Waals surface area contributed by atoms with E-state index in [9.17, 15) is 0 Å². The minimum absolute atomic E-state index is 0.0521. The van der Waals surface area contributed by atoms with Crippen molar-refractivity contribution in [1.82, 2.24) is 0 Å². The summed E-state index contributed by atoms with van der Waals surface area (Å²) in [6, 6.07) is 13.8. The summed E-state index contributed by atoms with van der Waals surface area (Å²) in [5, 5.41) is 37.0. The first-order chi connectivity index (χ1) is 13.3. The Bertz CT molecular complexity index is 774. The van der Waals surface area contributed by atoms with E-state index in [1.807, 2.05) is 24.3 Å². The summed E-state index contributed by atoms with van der Waals surface area (Å²) in [6.45, 7) is 1.67. The van der Waals surface area contributed by atoms with E-state index < -0.39 is 24.4 Å². The van der Waals surface area contributed by atoms with E-state index in [1.54, 1.807) is 6.07 Å². The van der Waals surface area contributed by atoms with Crippen LogP contribution in [-0.4, -0.2) is 58.1 Å². The molecule has 4 N–H and O–H groups in total. The summed E-state index contributed by atoms with van der Waals surface area (Å²) in [6.07, 6.45) is -0.215. The largest absolute Gasteiger partial charge is 0.394 e. The molecule has 0 aromatic heterocycles. The summed E-state index contributed by atoms with van der Waals surface area (Å²) in [7, 11) is 0. The van der Waals surface area contributed by atoms with Crippen LogP contribution in [0.1, 0.15) is 16.7 Å². The first kappa shape index (κ1) is 22.8. The molecule has 0 bridgehead atoms. The van der Waals surface area contributed by atoms with Crippen LogP contribution in [-0.2, 0) is 4.74 Å². The lowest BCUT2D eigenvalue weighted by atomic mass is 10.0. The predicted octanol–water partition coefficient (Wildman–Crippen LogP) is 2.93. The van der Waals surface area contributed by atoms with Crippen molar-refractivity contribution in [2.45, 2.75) is 31.3 Å². The summed E-state index contributed by atoms with van der Waals surface area (Å²) >= 11 is 11.9. The van der Waals surface area contributed by atoms with Gasteiger partial charge >= 0.3 is 0 Å². The summed E-state index contributed by atoms with van der Waals surface area (Å²) in [5.74, 6) is 0. The molecule has 1 aliphatic heterocycles. The fraction of sp³-hybridized carbons (Fsp3) is 0.333. The van der Waals surface area contributed by atoms with Gasteiger partial charge in [-0.2, -0.15) is 0 Å². The van der Waals surface area contributed by atoms with Crippen LogP contribution in [0.25, 0.3) is 12.2 Å². The van der Waals surface area contributed by atoms with Crippen molar-refractivity contribution in [3.63, 3.8) is 0 Å². The van der Waals surface area contributed by atoms with Crippen LogP contribution in [0.4, 0.5) is 0 Å². The molecule has 3 unspecified atom stereocenters. The highest BCUT2D eigenvalue weighted by molar-refractivity contribution is 6.34. The zero-order valence-corrected chi connectivity index (χ0v) is 16.9. The molecule has 0 amide bonds. The normalized spacial score (nSPS) is 24.7. The number of aliphatic hydroxyl groups excluding tert-OH is 4. The lowest BCUT2D eigenvalue weighted by Crippen LogP contribution is -2.53. The molecule has 2 aromatic carbocycles. The number of halogens is 2. The molecule has 152 valence electrons.